The molecule has 0 spiro atoms. The Hall–Kier alpha value is -2.86. The molecule has 6 heteroatoms. The van der Waals surface area contributed by atoms with Crippen molar-refractivity contribution in [3.63, 3.8) is 0 Å². The summed E-state index contributed by atoms with van der Waals surface area (Å²) in [6, 6.07) is 14.8. The first-order valence-electron chi connectivity index (χ1n) is 10.4. The van der Waals surface area contributed by atoms with Crippen LogP contribution in [0.1, 0.15) is 27.7 Å². The summed E-state index contributed by atoms with van der Waals surface area (Å²) in [5, 5.41) is 4.45. The zero-order valence-corrected chi connectivity index (χ0v) is 18.8. The van der Waals surface area contributed by atoms with Gasteiger partial charge >= 0.3 is 0 Å². The highest BCUT2D eigenvalue weighted by molar-refractivity contribution is 5.93. The Balaban J connectivity index is 2.01. The number of hydrogen-bond donors (Lipinski definition) is 1. The van der Waals surface area contributed by atoms with Crippen LogP contribution in [-0.2, 0) is 0 Å². The van der Waals surface area contributed by atoms with Crippen LogP contribution in [0.15, 0.2) is 42.5 Å². The van der Waals surface area contributed by atoms with Crippen molar-refractivity contribution in [2.24, 2.45) is 0 Å². The van der Waals surface area contributed by atoms with Gasteiger partial charge in [0, 0.05) is 42.2 Å². The molecule has 0 aliphatic carbocycles. The number of methoxy groups -OCH3 is 2. The molecule has 0 radical (unpaired) electrons. The van der Waals surface area contributed by atoms with Gasteiger partial charge in [0.25, 0.3) is 0 Å². The first kappa shape index (κ1) is 21.8. The molecule has 0 saturated heterocycles. The van der Waals surface area contributed by atoms with E-state index in [0.29, 0.717) is 29.4 Å². The highest BCUT2D eigenvalue weighted by Gasteiger charge is 2.16. The Bertz CT molecular complexity index is 966. The van der Waals surface area contributed by atoms with Gasteiger partial charge in [-0.2, -0.15) is 0 Å². The predicted molar refractivity (Wildman–Crippen MR) is 124 cm³/mol. The van der Waals surface area contributed by atoms with Crippen LogP contribution in [0.5, 0.6) is 11.5 Å². The van der Waals surface area contributed by atoms with E-state index in [1.807, 2.05) is 42.5 Å². The number of aromatic nitrogens is 2. The molecule has 0 bridgehead atoms. The van der Waals surface area contributed by atoms with Gasteiger partial charge in [0.2, 0.25) is 0 Å². The maximum Gasteiger partial charge on any atom is 0.162 e. The van der Waals surface area contributed by atoms with Crippen molar-refractivity contribution in [2.75, 3.05) is 32.6 Å². The van der Waals surface area contributed by atoms with E-state index in [-0.39, 0.29) is 0 Å². The molecular weight excluding hydrogens is 376 g/mol. The molecule has 30 heavy (non-hydrogen) atoms. The summed E-state index contributed by atoms with van der Waals surface area (Å²) in [5.41, 5.74) is 1.79. The molecule has 2 aromatic carbocycles. The smallest absolute Gasteiger partial charge is 0.162 e. The standard InChI is InChI=1S/C24H32N4O2/c1-16(2)28(17(3)4)13-12-25-24-19-14-21(29-5)22(30-6)15-20(19)26-23(27-24)18-10-8-7-9-11-18/h7-11,14-17H,12-13H2,1-6H3,(H,25,26,27). The molecule has 3 rings (SSSR count). The van der Waals surface area contributed by atoms with Crippen LogP contribution < -0.4 is 14.8 Å². The summed E-state index contributed by atoms with van der Waals surface area (Å²) < 4.78 is 11.0. The van der Waals surface area contributed by atoms with E-state index >= 15 is 0 Å². The third kappa shape index (κ3) is 4.82. The minimum absolute atomic E-state index is 0.484. The van der Waals surface area contributed by atoms with Crippen molar-refractivity contribution < 1.29 is 9.47 Å². The molecule has 0 saturated carbocycles. The van der Waals surface area contributed by atoms with Crippen LogP contribution in [0.4, 0.5) is 5.82 Å². The normalized spacial score (nSPS) is 11.5. The van der Waals surface area contributed by atoms with Gasteiger partial charge in [-0.15, -0.1) is 0 Å². The quantitative estimate of drug-likeness (QED) is 0.546. The average molecular weight is 409 g/mol. The van der Waals surface area contributed by atoms with Crippen molar-refractivity contribution >= 4 is 16.7 Å². The van der Waals surface area contributed by atoms with Crippen LogP contribution in [0, 0.1) is 0 Å². The second-order valence-electron chi connectivity index (χ2n) is 7.84. The summed E-state index contributed by atoms with van der Waals surface area (Å²) in [6.45, 7) is 10.6. The lowest BCUT2D eigenvalue weighted by Crippen LogP contribution is -2.40. The van der Waals surface area contributed by atoms with Crippen LogP contribution >= 0.6 is 0 Å². The van der Waals surface area contributed by atoms with E-state index in [9.17, 15) is 0 Å². The number of nitrogens with one attached hydrogen (secondary N) is 1. The second kappa shape index (κ2) is 9.76. The average Bonchev–Trinajstić information content (AvgIpc) is 2.75. The van der Waals surface area contributed by atoms with Crippen molar-refractivity contribution in [3.05, 3.63) is 42.5 Å². The fraction of sp³-hybridized carbons (Fsp3) is 0.417. The Morgan fingerprint density at radius 3 is 2.13 bits per heavy atom. The van der Waals surface area contributed by atoms with E-state index in [2.05, 4.69) is 37.9 Å². The molecular formula is C24H32N4O2. The van der Waals surface area contributed by atoms with E-state index in [0.717, 1.165) is 35.4 Å². The third-order valence-corrected chi connectivity index (χ3v) is 5.22. The number of rotatable bonds is 9. The van der Waals surface area contributed by atoms with Crippen molar-refractivity contribution in [1.82, 2.24) is 14.9 Å². The lowest BCUT2D eigenvalue weighted by molar-refractivity contribution is 0.182. The number of benzene rings is 2. The van der Waals surface area contributed by atoms with Crippen LogP contribution in [-0.4, -0.2) is 54.3 Å². The zero-order chi connectivity index (χ0) is 21.7. The molecule has 1 heterocycles. The molecule has 6 nitrogen and oxygen atoms in total. The first-order valence-corrected chi connectivity index (χ1v) is 10.4. The van der Waals surface area contributed by atoms with Gasteiger partial charge in [-0.1, -0.05) is 30.3 Å². The van der Waals surface area contributed by atoms with Gasteiger partial charge in [-0.05, 0) is 33.8 Å². The van der Waals surface area contributed by atoms with Gasteiger partial charge in [-0.25, -0.2) is 9.97 Å². The predicted octanol–water partition coefficient (Wildman–Crippen LogP) is 4.84. The van der Waals surface area contributed by atoms with E-state index in [1.54, 1.807) is 14.2 Å². The Labute approximate surface area is 179 Å². The lowest BCUT2D eigenvalue weighted by Gasteiger charge is -2.30. The number of ether oxygens (including phenoxy) is 2. The molecule has 0 atom stereocenters. The maximum absolute atomic E-state index is 5.50. The highest BCUT2D eigenvalue weighted by Crippen LogP contribution is 2.35. The Kier molecular flexibility index (Phi) is 7.11. The minimum atomic E-state index is 0.484. The van der Waals surface area contributed by atoms with Crippen LogP contribution in [0.3, 0.4) is 0 Å². The summed E-state index contributed by atoms with van der Waals surface area (Å²) in [4.78, 5) is 12.1. The lowest BCUT2D eigenvalue weighted by atomic mass is 10.1. The number of hydrogen-bond acceptors (Lipinski definition) is 6. The van der Waals surface area contributed by atoms with E-state index in [4.69, 9.17) is 19.4 Å². The largest absolute Gasteiger partial charge is 0.493 e. The van der Waals surface area contributed by atoms with Crippen molar-refractivity contribution in [1.29, 1.82) is 0 Å². The summed E-state index contributed by atoms with van der Waals surface area (Å²) >= 11 is 0. The molecule has 0 fully saturated rings. The first-order chi connectivity index (χ1) is 14.4. The third-order valence-electron chi connectivity index (χ3n) is 5.22. The molecule has 3 aromatic rings. The number of anilines is 1. The van der Waals surface area contributed by atoms with Crippen molar-refractivity contribution in [2.45, 2.75) is 39.8 Å². The summed E-state index contributed by atoms with van der Waals surface area (Å²) in [6.07, 6.45) is 0. The van der Waals surface area contributed by atoms with E-state index < -0.39 is 0 Å². The minimum Gasteiger partial charge on any atom is -0.493 e. The SMILES string of the molecule is COc1cc2nc(-c3ccccc3)nc(NCCN(C(C)C)C(C)C)c2cc1OC. The van der Waals surface area contributed by atoms with Gasteiger partial charge in [0.1, 0.15) is 5.82 Å². The fourth-order valence-corrected chi connectivity index (χ4v) is 3.72. The Morgan fingerprint density at radius 2 is 1.53 bits per heavy atom. The monoisotopic (exact) mass is 408 g/mol. The molecule has 0 aliphatic rings. The highest BCUT2D eigenvalue weighted by atomic mass is 16.5. The van der Waals surface area contributed by atoms with E-state index in [1.165, 1.54) is 0 Å². The topological polar surface area (TPSA) is 59.5 Å². The van der Waals surface area contributed by atoms with Gasteiger partial charge in [0.05, 0.1) is 19.7 Å². The summed E-state index contributed by atoms with van der Waals surface area (Å²) in [5.74, 6) is 2.80. The number of fused-ring (bicyclic) bond motifs is 1. The molecule has 0 aliphatic heterocycles. The molecule has 0 unspecified atom stereocenters. The molecule has 1 aromatic heterocycles. The van der Waals surface area contributed by atoms with Gasteiger partial charge < -0.3 is 14.8 Å². The maximum atomic E-state index is 5.50. The van der Waals surface area contributed by atoms with Crippen LogP contribution in [0.25, 0.3) is 22.3 Å². The van der Waals surface area contributed by atoms with Crippen LogP contribution in [0.2, 0.25) is 0 Å². The summed E-state index contributed by atoms with van der Waals surface area (Å²) in [7, 11) is 3.27. The molecule has 1 N–H and O–H groups in total. The Morgan fingerprint density at radius 1 is 0.900 bits per heavy atom. The van der Waals surface area contributed by atoms with Gasteiger partial charge in [0.15, 0.2) is 17.3 Å². The molecule has 0 amide bonds. The number of nitrogens with zero attached hydrogens (tertiary/aromatic N) is 3. The van der Waals surface area contributed by atoms with Crippen molar-refractivity contribution in [3.8, 4) is 22.9 Å². The second-order valence-corrected chi connectivity index (χ2v) is 7.84. The van der Waals surface area contributed by atoms with Gasteiger partial charge in [-0.3, -0.25) is 4.90 Å². The molecule has 160 valence electrons. The zero-order valence-electron chi connectivity index (χ0n) is 18.8. The fourth-order valence-electron chi connectivity index (χ4n) is 3.72.